The van der Waals surface area contributed by atoms with E-state index in [-0.39, 0.29) is 25.7 Å². The second-order valence-electron chi connectivity index (χ2n) is 4.41. The zero-order chi connectivity index (χ0) is 15.6. The summed E-state index contributed by atoms with van der Waals surface area (Å²) in [4.78, 5) is 15.5. The quantitative estimate of drug-likeness (QED) is 0.826. The molecule has 1 amide bonds. The van der Waals surface area contributed by atoms with Gasteiger partial charge in [-0.3, -0.25) is 9.78 Å². The van der Waals surface area contributed by atoms with Crippen molar-refractivity contribution in [3.05, 3.63) is 36.5 Å². The van der Waals surface area contributed by atoms with Gasteiger partial charge in [-0.25, -0.2) is 0 Å². The average Bonchev–Trinajstić information content (AvgIpc) is 2.56. The second kappa shape index (κ2) is 8.65. The number of ether oxygens (including phenoxy) is 2. The maximum atomic E-state index is 11.2. The normalized spacial score (nSPS) is 9.86. The molecule has 0 atom stereocenters. The number of amides is 1. The molecular weight excluding hydrogens is 280 g/mol. The van der Waals surface area contributed by atoms with Gasteiger partial charge in [-0.1, -0.05) is 17.9 Å². The molecule has 2 rings (SSSR count). The van der Waals surface area contributed by atoms with Crippen LogP contribution in [0.4, 0.5) is 0 Å². The monoisotopic (exact) mass is 298 g/mol. The van der Waals surface area contributed by atoms with Gasteiger partial charge in [0.15, 0.2) is 0 Å². The molecule has 0 unspecified atom stereocenters. The number of pyridine rings is 1. The van der Waals surface area contributed by atoms with Crippen molar-refractivity contribution in [2.45, 2.75) is 6.92 Å². The number of fused-ring (bicyclic) bond motifs is 1. The molecule has 0 fully saturated rings. The van der Waals surface area contributed by atoms with Crippen molar-refractivity contribution >= 4 is 16.8 Å². The standard InChI is InChI=1S/C17H18N2O3/c1-2-21-13-17(20)19-9-3-4-11-22-15-8-7-14-6-5-10-18-16(14)12-15/h5-8,10,12H,2,9,11,13H2,1H3,(H,19,20). The number of carbonyl (C=O) groups excluding carboxylic acids is 1. The Hall–Kier alpha value is -2.58. The highest BCUT2D eigenvalue weighted by molar-refractivity contribution is 5.79. The molecule has 0 bridgehead atoms. The summed E-state index contributed by atoms with van der Waals surface area (Å²) in [6, 6.07) is 9.61. The van der Waals surface area contributed by atoms with E-state index in [1.807, 2.05) is 37.3 Å². The Morgan fingerprint density at radius 3 is 3.09 bits per heavy atom. The van der Waals surface area contributed by atoms with E-state index in [0.717, 1.165) is 16.7 Å². The Kier molecular flexibility index (Phi) is 6.21. The third-order valence-corrected chi connectivity index (χ3v) is 2.82. The van der Waals surface area contributed by atoms with E-state index in [1.54, 1.807) is 6.20 Å². The first-order chi connectivity index (χ1) is 10.8. The van der Waals surface area contributed by atoms with Gasteiger partial charge in [0.05, 0.1) is 12.1 Å². The van der Waals surface area contributed by atoms with Crippen molar-refractivity contribution in [3.8, 4) is 17.6 Å². The number of nitrogens with one attached hydrogen (secondary N) is 1. The summed E-state index contributed by atoms with van der Waals surface area (Å²) in [7, 11) is 0. The minimum atomic E-state index is -0.169. The number of hydrogen-bond acceptors (Lipinski definition) is 4. The van der Waals surface area contributed by atoms with Crippen LogP contribution in [0.5, 0.6) is 5.75 Å². The Morgan fingerprint density at radius 1 is 1.32 bits per heavy atom. The molecule has 1 aromatic heterocycles. The van der Waals surface area contributed by atoms with E-state index >= 15 is 0 Å². The lowest BCUT2D eigenvalue weighted by molar-refractivity contribution is -0.125. The van der Waals surface area contributed by atoms with Gasteiger partial charge in [-0.05, 0) is 25.1 Å². The average molecular weight is 298 g/mol. The van der Waals surface area contributed by atoms with E-state index in [0.29, 0.717) is 6.61 Å². The molecule has 0 radical (unpaired) electrons. The van der Waals surface area contributed by atoms with Crippen LogP contribution in [0.2, 0.25) is 0 Å². The minimum Gasteiger partial charge on any atom is -0.481 e. The highest BCUT2D eigenvalue weighted by Crippen LogP contribution is 2.18. The summed E-state index contributed by atoms with van der Waals surface area (Å²) < 4.78 is 10.5. The van der Waals surface area contributed by atoms with Crippen LogP contribution in [0.3, 0.4) is 0 Å². The fourth-order valence-electron chi connectivity index (χ4n) is 1.76. The Morgan fingerprint density at radius 2 is 2.23 bits per heavy atom. The van der Waals surface area contributed by atoms with E-state index in [9.17, 15) is 4.79 Å². The maximum Gasteiger partial charge on any atom is 0.246 e. The third kappa shape index (κ3) is 5.08. The smallest absolute Gasteiger partial charge is 0.246 e. The first kappa shape index (κ1) is 15.8. The summed E-state index contributed by atoms with van der Waals surface area (Å²) in [6.07, 6.45) is 1.75. The molecule has 1 N–H and O–H groups in total. The van der Waals surface area contributed by atoms with Gasteiger partial charge >= 0.3 is 0 Å². The van der Waals surface area contributed by atoms with Crippen LogP contribution in [-0.2, 0) is 9.53 Å². The lowest BCUT2D eigenvalue weighted by Gasteiger charge is -2.03. The van der Waals surface area contributed by atoms with Crippen molar-refractivity contribution in [1.82, 2.24) is 10.3 Å². The van der Waals surface area contributed by atoms with Crippen LogP contribution < -0.4 is 10.1 Å². The minimum absolute atomic E-state index is 0.0682. The van der Waals surface area contributed by atoms with E-state index < -0.39 is 0 Å². The van der Waals surface area contributed by atoms with Gasteiger partial charge in [0.25, 0.3) is 0 Å². The largest absolute Gasteiger partial charge is 0.481 e. The number of hydrogen-bond donors (Lipinski definition) is 1. The molecule has 0 spiro atoms. The topological polar surface area (TPSA) is 60.5 Å². The molecule has 5 nitrogen and oxygen atoms in total. The summed E-state index contributed by atoms with van der Waals surface area (Å²) in [6.45, 7) is 2.98. The molecule has 0 aliphatic rings. The van der Waals surface area contributed by atoms with Crippen LogP contribution in [0.1, 0.15) is 6.92 Å². The number of benzene rings is 1. The van der Waals surface area contributed by atoms with Gasteiger partial charge in [-0.15, -0.1) is 0 Å². The van der Waals surface area contributed by atoms with Crippen molar-refractivity contribution < 1.29 is 14.3 Å². The predicted molar refractivity (Wildman–Crippen MR) is 84.5 cm³/mol. The highest BCUT2D eigenvalue weighted by atomic mass is 16.5. The second-order valence-corrected chi connectivity index (χ2v) is 4.41. The molecule has 0 aliphatic heterocycles. The molecule has 114 valence electrons. The molecule has 5 heteroatoms. The Balaban J connectivity index is 1.74. The van der Waals surface area contributed by atoms with Crippen molar-refractivity contribution in [2.75, 3.05) is 26.4 Å². The zero-order valence-electron chi connectivity index (χ0n) is 12.5. The maximum absolute atomic E-state index is 11.2. The van der Waals surface area contributed by atoms with Gasteiger partial charge in [0, 0.05) is 24.3 Å². The Labute approximate surface area is 129 Å². The van der Waals surface area contributed by atoms with Gasteiger partial charge in [0.2, 0.25) is 5.91 Å². The summed E-state index contributed by atoms with van der Waals surface area (Å²) in [5, 5.41) is 3.70. The lowest BCUT2D eigenvalue weighted by Crippen LogP contribution is -2.27. The summed E-state index contributed by atoms with van der Waals surface area (Å²) in [5.41, 5.74) is 0.885. The molecule has 0 aliphatic carbocycles. The highest BCUT2D eigenvalue weighted by Gasteiger charge is 1.98. The number of nitrogens with zero attached hydrogens (tertiary/aromatic N) is 1. The van der Waals surface area contributed by atoms with Gasteiger partial charge in [-0.2, -0.15) is 0 Å². The van der Waals surface area contributed by atoms with Crippen LogP contribution >= 0.6 is 0 Å². The fourth-order valence-corrected chi connectivity index (χ4v) is 1.76. The third-order valence-electron chi connectivity index (χ3n) is 2.82. The Bertz CT molecular complexity index is 689. The van der Waals surface area contributed by atoms with Crippen molar-refractivity contribution in [2.24, 2.45) is 0 Å². The van der Waals surface area contributed by atoms with Crippen LogP contribution in [-0.4, -0.2) is 37.3 Å². The molecular formula is C17H18N2O3. The number of rotatable bonds is 6. The fraction of sp³-hybridized carbons (Fsp3) is 0.294. The molecule has 22 heavy (non-hydrogen) atoms. The molecule has 0 saturated heterocycles. The van der Waals surface area contributed by atoms with Gasteiger partial charge in [0.1, 0.15) is 19.0 Å². The molecule has 1 aromatic carbocycles. The van der Waals surface area contributed by atoms with Crippen LogP contribution in [0.15, 0.2) is 36.5 Å². The first-order valence-corrected chi connectivity index (χ1v) is 7.07. The predicted octanol–water partition coefficient (Wildman–Crippen LogP) is 1.77. The molecule has 2 aromatic rings. The summed E-state index contributed by atoms with van der Waals surface area (Å²) in [5.74, 6) is 6.22. The lowest BCUT2D eigenvalue weighted by atomic mass is 10.2. The first-order valence-electron chi connectivity index (χ1n) is 7.07. The zero-order valence-corrected chi connectivity index (χ0v) is 12.5. The SMILES string of the molecule is CCOCC(=O)NCC#CCOc1ccc2cccnc2c1. The van der Waals surface area contributed by atoms with Gasteiger partial charge < -0.3 is 14.8 Å². The van der Waals surface area contributed by atoms with E-state index in [4.69, 9.17) is 9.47 Å². The van der Waals surface area contributed by atoms with Crippen molar-refractivity contribution in [3.63, 3.8) is 0 Å². The molecule has 1 heterocycles. The van der Waals surface area contributed by atoms with E-state index in [1.165, 1.54) is 0 Å². The van der Waals surface area contributed by atoms with Crippen LogP contribution in [0.25, 0.3) is 10.9 Å². The number of carbonyl (C=O) groups is 1. The number of aromatic nitrogens is 1. The van der Waals surface area contributed by atoms with E-state index in [2.05, 4.69) is 22.1 Å². The van der Waals surface area contributed by atoms with Crippen LogP contribution in [0, 0.1) is 11.8 Å². The molecule has 0 saturated carbocycles. The van der Waals surface area contributed by atoms with Crippen molar-refractivity contribution in [1.29, 1.82) is 0 Å². The summed E-state index contributed by atoms with van der Waals surface area (Å²) >= 11 is 0.